The monoisotopic (exact) mass is 396 g/mol. The molecule has 2 aromatic heterocycles. The molecular formula is C23H28N2O4. The summed E-state index contributed by atoms with van der Waals surface area (Å²) in [7, 11) is 1.79. The van der Waals surface area contributed by atoms with Crippen molar-refractivity contribution in [3.63, 3.8) is 0 Å². The fraction of sp³-hybridized carbons (Fsp3) is 0.391. The van der Waals surface area contributed by atoms with E-state index in [1.165, 1.54) is 0 Å². The smallest absolute Gasteiger partial charge is 0.355 e. The lowest BCUT2D eigenvalue weighted by atomic mass is 10.1. The lowest BCUT2D eigenvalue weighted by Gasteiger charge is -2.17. The number of ether oxygens (including phenoxy) is 1. The summed E-state index contributed by atoms with van der Waals surface area (Å²) in [6.07, 6.45) is 0.372. The predicted molar refractivity (Wildman–Crippen MR) is 113 cm³/mol. The van der Waals surface area contributed by atoms with E-state index in [4.69, 9.17) is 4.74 Å². The van der Waals surface area contributed by atoms with Gasteiger partial charge in [-0.2, -0.15) is 0 Å². The zero-order chi connectivity index (χ0) is 21.1. The van der Waals surface area contributed by atoms with E-state index in [1.54, 1.807) is 23.1 Å². The number of nitrogens with zero attached hydrogens (tertiary/aromatic N) is 2. The zero-order valence-corrected chi connectivity index (χ0v) is 17.4. The molecule has 0 aliphatic carbocycles. The molecule has 3 aromatic rings. The van der Waals surface area contributed by atoms with Crippen LogP contribution in [-0.4, -0.2) is 26.8 Å². The van der Waals surface area contributed by atoms with Gasteiger partial charge in [0, 0.05) is 12.7 Å². The quantitative estimate of drug-likeness (QED) is 0.622. The molecule has 0 saturated heterocycles. The van der Waals surface area contributed by atoms with Crippen molar-refractivity contribution in [3.05, 3.63) is 69.3 Å². The van der Waals surface area contributed by atoms with Crippen LogP contribution < -0.4 is 5.56 Å². The average molecular weight is 396 g/mol. The van der Waals surface area contributed by atoms with Crippen molar-refractivity contribution >= 4 is 16.9 Å². The lowest BCUT2D eigenvalue weighted by molar-refractivity contribution is 0.0514. The first-order valence-electron chi connectivity index (χ1n) is 10.1. The summed E-state index contributed by atoms with van der Waals surface area (Å²) in [5.41, 5.74) is 3.23. The summed E-state index contributed by atoms with van der Waals surface area (Å²) >= 11 is 0. The molecule has 3 rings (SSSR count). The minimum absolute atomic E-state index is 0.161. The Balaban J connectivity index is 2.20. The number of pyridine rings is 1. The van der Waals surface area contributed by atoms with Gasteiger partial charge in [-0.05, 0) is 37.0 Å². The number of carbonyl (C=O) groups excluding carboxylic acids is 1. The third kappa shape index (κ3) is 3.72. The summed E-state index contributed by atoms with van der Waals surface area (Å²) in [6.45, 7) is 6.10. The van der Waals surface area contributed by atoms with Crippen LogP contribution in [0.1, 0.15) is 54.2 Å². The summed E-state index contributed by atoms with van der Waals surface area (Å²) in [4.78, 5) is 26.0. The number of rotatable bonds is 7. The molecule has 1 atom stereocenters. The van der Waals surface area contributed by atoms with E-state index in [9.17, 15) is 14.7 Å². The molecule has 2 heterocycles. The van der Waals surface area contributed by atoms with E-state index < -0.39 is 12.1 Å². The number of hydrogen-bond donors (Lipinski definition) is 1. The highest BCUT2D eigenvalue weighted by Gasteiger charge is 2.25. The highest BCUT2D eigenvalue weighted by Crippen LogP contribution is 2.26. The van der Waals surface area contributed by atoms with Crippen molar-refractivity contribution in [2.75, 3.05) is 6.61 Å². The van der Waals surface area contributed by atoms with Crippen molar-refractivity contribution in [1.29, 1.82) is 0 Å². The Morgan fingerprint density at radius 3 is 2.41 bits per heavy atom. The van der Waals surface area contributed by atoms with Gasteiger partial charge in [-0.15, -0.1) is 0 Å². The van der Waals surface area contributed by atoms with Gasteiger partial charge in [0.15, 0.2) is 0 Å². The van der Waals surface area contributed by atoms with Gasteiger partial charge >= 0.3 is 5.97 Å². The van der Waals surface area contributed by atoms with E-state index in [2.05, 4.69) is 0 Å². The topological polar surface area (TPSA) is 73.5 Å². The Hall–Kier alpha value is -2.86. The fourth-order valence-corrected chi connectivity index (χ4v) is 3.92. The van der Waals surface area contributed by atoms with Crippen molar-refractivity contribution in [2.24, 2.45) is 7.05 Å². The summed E-state index contributed by atoms with van der Waals surface area (Å²) < 4.78 is 8.61. The van der Waals surface area contributed by atoms with Crippen molar-refractivity contribution < 1.29 is 14.6 Å². The van der Waals surface area contributed by atoms with Gasteiger partial charge in [-0.1, -0.05) is 44.2 Å². The molecule has 1 N–H and O–H groups in total. The van der Waals surface area contributed by atoms with Crippen molar-refractivity contribution in [1.82, 2.24) is 9.13 Å². The number of benzene rings is 1. The van der Waals surface area contributed by atoms with Crippen LogP contribution in [0, 0.1) is 0 Å². The van der Waals surface area contributed by atoms with Crippen LogP contribution in [-0.2, 0) is 31.2 Å². The number of esters is 1. The molecule has 6 nitrogen and oxygen atoms in total. The molecule has 0 amide bonds. The van der Waals surface area contributed by atoms with Gasteiger partial charge in [0.2, 0.25) is 0 Å². The predicted octanol–water partition coefficient (Wildman–Crippen LogP) is 3.38. The average Bonchev–Trinajstić information content (AvgIpc) is 3.02. The maximum absolute atomic E-state index is 13.5. The number of aliphatic hydroxyl groups excluding tert-OH is 1. The van der Waals surface area contributed by atoms with E-state index in [0.29, 0.717) is 29.5 Å². The van der Waals surface area contributed by atoms with E-state index in [1.807, 2.05) is 50.2 Å². The standard InChI is InChI=1S/C23H28N2O4/c1-5-16-13-18-20(17(6-2)21(24(18)4)23(28)29-7-3)22(27)25(16)14-19(26)15-11-9-8-10-12-15/h8-13,19,26H,5-7,14H2,1-4H3. The summed E-state index contributed by atoms with van der Waals surface area (Å²) in [5, 5.41) is 11.2. The van der Waals surface area contributed by atoms with Crippen molar-refractivity contribution in [3.8, 4) is 0 Å². The molecule has 0 aliphatic rings. The Labute approximate surface area is 170 Å². The molecule has 1 unspecified atom stereocenters. The number of fused-ring (bicyclic) bond motifs is 1. The number of aryl methyl sites for hydroxylation is 3. The van der Waals surface area contributed by atoms with Crippen LogP contribution in [0.5, 0.6) is 0 Å². The number of hydrogen-bond acceptors (Lipinski definition) is 4. The molecule has 0 aliphatic heterocycles. The molecule has 0 bridgehead atoms. The molecule has 1 aromatic carbocycles. The van der Waals surface area contributed by atoms with E-state index >= 15 is 0 Å². The van der Waals surface area contributed by atoms with E-state index in [0.717, 1.165) is 16.8 Å². The summed E-state index contributed by atoms with van der Waals surface area (Å²) in [6, 6.07) is 11.3. The minimum atomic E-state index is -0.796. The molecule has 0 radical (unpaired) electrons. The maximum Gasteiger partial charge on any atom is 0.355 e. The van der Waals surface area contributed by atoms with Crippen LogP contribution in [0.25, 0.3) is 10.9 Å². The van der Waals surface area contributed by atoms with Crippen LogP contribution in [0.15, 0.2) is 41.2 Å². The molecular weight excluding hydrogens is 368 g/mol. The number of carbonyl (C=O) groups is 1. The maximum atomic E-state index is 13.5. The Bertz CT molecular complexity index is 1080. The largest absolute Gasteiger partial charge is 0.461 e. The molecule has 154 valence electrons. The van der Waals surface area contributed by atoms with Gasteiger partial charge in [-0.25, -0.2) is 4.79 Å². The molecule has 0 spiro atoms. The highest BCUT2D eigenvalue weighted by molar-refractivity contribution is 5.99. The van der Waals surface area contributed by atoms with Crippen LogP contribution in [0.3, 0.4) is 0 Å². The molecule has 6 heteroatoms. The Morgan fingerprint density at radius 1 is 1.14 bits per heavy atom. The SMILES string of the molecule is CCOC(=O)c1c(CC)c2c(=O)n(CC(O)c3ccccc3)c(CC)cc2n1C. The van der Waals surface area contributed by atoms with Gasteiger partial charge < -0.3 is 19.0 Å². The van der Waals surface area contributed by atoms with Crippen LogP contribution in [0.4, 0.5) is 0 Å². The highest BCUT2D eigenvalue weighted by atomic mass is 16.5. The van der Waals surface area contributed by atoms with Crippen molar-refractivity contribution in [2.45, 2.75) is 46.3 Å². The first kappa shape index (κ1) is 20.9. The zero-order valence-electron chi connectivity index (χ0n) is 17.4. The normalized spacial score (nSPS) is 12.3. The first-order valence-corrected chi connectivity index (χ1v) is 10.1. The molecule has 0 saturated carbocycles. The van der Waals surface area contributed by atoms with Gasteiger partial charge in [0.1, 0.15) is 5.69 Å². The van der Waals surface area contributed by atoms with Crippen LogP contribution >= 0.6 is 0 Å². The van der Waals surface area contributed by atoms with Gasteiger partial charge in [0.05, 0.1) is 30.2 Å². The fourth-order valence-electron chi connectivity index (χ4n) is 3.92. The van der Waals surface area contributed by atoms with Crippen LogP contribution in [0.2, 0.25) is 0 Å². The Kier molecular flexibility index (Phi) is 6.23. The minimum Gasteiger partial charge on any atom is -0.461 e. The molecule has 0 fully saturated rings. The second kappa shape index (κ2) is 8.66. The Morgan fingerprint density at radius 2 is 1.83 bits per heavy atom. The second-order valence-corrected chi connectivity index (χ2v) is 7.05. The number of aliphatic hydroxyl groups is 1. The lowest BCUT2D eigenvalue weighted by Crippen LogP contribution is -2.27. The first-order chi connectivity index (χ1) is 13.9. The molecule has 29 heavy (non-hydrogen) atoms. The number of aromatic nitrogens is 2. The van der Waals surface area contributed by atoms with E-state index in [-0.39, 0.29) is 18.7 Å². The third-order valence-electron chi connectivity index (χ3n) is 5.37. The van der Waals surface area contributed by atoms with Gasteiger partial charge in [-0.3, -0.25) is 4.79 Å². The third-order valence-corrected chi connectivity index (χ3v) is 5.37. The van der Waals surface area contributed by atoms with Gasteiger partial charge in [0.25, 0.3) is 5.56 Å². The summed E-state index contributed by atoms with van der Waals surface area (Å²) in [5.74, 6) is -0.420. The second-order valence-electron chi connectivity index (χ2n) is 7.05.